The summed E-state index contributed by atoms with van der Waals surface area (Å²) in [7, 11) is 2.83. The number of benzene rings is 1. The summed E-state index contributed by atoms with van der Waals surface area (Å²) < 4.78 is 5.81. The van der Waals surface area contributed by atoms with E-state index in [-0.39, 0.29) is 49.7 Å². The van der Waals surface area contributed by atoms with Crippen molar-refractivity contribution in [1.82, 2.24) is 31.5 Å². The van der Waals surface area contributed by atoms with Gasteiger partial charge in [-0.25, -0.2) is 0 Å². The Morgan fingerprint density at radius 3 is 2.01 bits per heavy atom. The van der Waals surface area contributed by atoms with Crippen molar-refractivity contribution in [1.29, 1.82) is 0 Å². The van der Waals surface area contributed by atoms with Gasteiger partial charge in [0.15, 0.2) is 5.96 Å². The summed E-state index contributed by atoms with van der Waals surface area (Å²) in [4.78, 5) is 122. The van der Waals surface area contributed by atoms with Gasteiger partial charge < -0.3 is 68.7 Å². The van der Waals surface area contributed by atoms with Crippen LogP contribution in [-0.4, -0.2) is 143 Å². The largest absolute Gasteiger partial charge is 0.481 e. The van der Waals surface area contributed by atoms with Gasteiger partial charge in [-0.2, -0.15) is 0 Å². The number of ether oxygens (including phenoxy) is 1. The van der Waals surface area contributed by atoms with Crippen LogP contribution >= 0.6 is 0 Å². The summed E-state index contributed by atoms with van der Waals surface area (Å²) in [6, 6.07) is 1.38. The zero-order valence-electron chi connectivity index (χ0n) is 42.5. The maximum Gasteiger partial charge on any atom is 0.325 e. The van der Waals surface area contributed by atoms with Crippen molar-refractivity contribution in [3.05, 3.63) is 72.0 Å². The molecule has 1 rings (SSSR count). The maximum absolute atomic E-state index is 14.5. The fourth-order valence-corrected chi connectivity index (χ4v) is 7.14. The number of guanidine groups is 1. The minimum Gasteiger partial charge on any atom is -0.481 e. The molecule has 23 nitrogen and oxygen atoms in total. The normalized spacial score (nSPS) is 15.6. The van der Waals surface area contributed by atoms with Crippen molar-refractivity contribution >= 4 is 59.3 Å². The van der Waals surface area contributed by atoms with Crippen LogP contribution < -0.4 is 43.8 Å². The number of likely N-dealkylation sites (N-methyl/N-ethyl adjacent to an activating group) is 1. The van der Waals surface area contributed by atoms with Gasteiger partial charge in [-0.3, -0.25) is 48.1 Å². The monoisotopic (exact) mass is 1010 g/mol. The Morgan fingerprint density at radius 2 is 1.46 bits per heavy atom. The fourth-order valence-electron chi connectivity index (χ4n) is 7.14. The van der Waals surface area contributed by atoms with Crippen molar-refractivity contribution in [2.45, 2.75) is 135 Å². The van der Waals surface area contributed by atoms with Crippen molar-refractivity contribution in [2.75, 3.05) is 20.7 Å². The van der Waals surface area contributed by atoms with Gasteiger partial charge in [0.2, 0.25) is 29.5 Å². The van der Waals surface area contributed by atoms with E-state index in [1.54, 1.807) is 20.1 Å². The van der Waals surface area contributed by atoms with E-state index in [9.17, 15) is 58.5 Å². The summed E-state index contributed by atoms with van der Waals surface area (Å²) >= 11 is 0. The Labute approximate surface area is 420 Å². The Hall–Kier alpha value is -7.14. The van der Waals surface area contributed by atoms with Gasteiger partial charge in [-0.15, -0.1) is 0 Å². The maximum atomic E-state index is 14.5. The lowest BCUT2D eigenvalue weighted by atomic mass is 9.94. The van der Waals surface area contributed by atoms with Crippen LogP contribution in [0, 0.1) is 17.8 Å². The van der Waals surface area contributed by atoms with Gasteiger partial charge in [0.05, 0.1) is 36.2 Å². The number of carbonyl (C=O) groups excluding carboxylic acids is 6. The molecular weight excluding hydrogens is 937 g/mol. The highest BCUT2D eigenvalue weighted by Crippen LogP contribution is 2.19. The first-order valence-electron chi connectivity index (χ1n) is 23.6. The number of aliphatic carboxylic acids is 3. The Kier molecular flexibility index (Phi) is 27.9. The average molecular weight is 1010 g/mol. The minimum atomic E-state index is -1.62. The van der Waals surface area contributed by atoms with Gasteiger partial charge in [0.25, 0.3) is 5.91 Å². The molecule has 0 aromatic heterocycles. The number of methoxy groups -OCH3 is 1. The third-order valence-corrected chi connectivity index (χ3v) is 11.8. The Morgan fingerprint density at radius 1 is 0.847 bits per heavy atom. The van der Waals surface area contributed by atoms with Crippen LogP contribution in [0.1, 0.15) is 92.1 Å². The first-order valence-corrected chi connectivity index (χ1v) is 23.6. The first-order chi connectivity index (χ1) is 33.7. The summed E-state index contributed by atoms with van der Waals surface area (Å²) in [5.74, 6) is -11.3. The number of nitrogens with zero attached hydrogens (tertiary/aromatic N) is 2. The number of nitrogens with one attached hydrogen (secondary N) is 5. The van der Waals surface area contributed by atoms with Gasteiger partial charge >= 0.3 is 17.9 Å². The number of carboxylic acid groups (broad SMARTS) is 3. The molecule has 1 unspecified atom stereocenters. The second-order valence-electron chi connectivity index (χ2n) is 17.8. The zero-order chi connectivity index (χ0) is 54.8. The molecule has 0 saturated carbocycles. The number of allylic oxidation sites excluding steroid dienone is 2. The molecule has 0 aliphatic rings. The van der Waals surface area contributed by atoms with Gasteiger partial charge in [0, 0.05) is 33.0 Å². The number of carboxylic acids is 3. The highest BCUT2D eigenvalue weighted by atomic mass is 16.5. The standard InChI is InChI=1S/C49H76N10O13/c1-10-27(2)24-34(50)47(69)59(8)38(26-41(62)63)46(68)58-36(17-14-22-53-49(51)52)45(67)56-35(19-18-28(3)23-29(4)39(72-9)25-33-15-12-11-13-16-33)30(5)42(64)57-37(20-21-40(60)61)44(66)54-31(6)43(65)55-32(7)48(70)71/h11-13,15-16,18-19,23,27,29-30,32,34-39H,6,10,14,17,20-22,24-26,50H2,1-5,7-9H3,(H,54,66)(H,55,65)(H,56,67)(H,57,64)(H,58,68)(H,60,61)(H,62,63)(H,70,71)(H4,51,52,53)/b19-18+,28-23+/t27?,29-,30-,32+,34-,35-,36-,37+,38+,39-/m0/s1. The van der Waals surface area contributed by atoms with Crippen LogP contribution in [-0.2, 0) is 54.3 Å². The molecule has 6 amide bonds. The number of nitrogens with two attached hydrogens (primary N) is 3. The van der Waals surface area contributed by atoms with Gasteiger partial charge in [-0.05, 0) is 57.4 Å². The summed E-state index contributed by atoms with van der Waals surface area (Å²) in [6.45, 7) is 13.6. The van der Waals surface area contributed by atoms with Gasteiger partial charge in [-0.1, -0.05) is 94.8 Å². The number of hydrogen-bond donors (Lipinski definition) is 11. The van der Waals surface area contributed by atoms with Crippen LogP contribution in [0.3, 0.4) is 0 Å². The van der Waals surface area contributed by atoms with Crippen LogP contribution in [0.25, 0.3) is 0 Å². The molecule has 10 atom stereocenters. The summed E-state index contributed by atoms with van der Waals surface area (Å²) in [5.41, 5.74) is 18.3. The SMILES string of the molecule is C=C(NC(=O)[C@@H](CCC(=O)O)NC(=O)[C@@H](C)[C@H](/C=C/C(C)=C/[C@H](C)[C@H](Cc1ccccc1)OC)NC(=O)[C@H](CCCN=C(N)N)NC(=O)[C@@H](CC(=O)O)N(C)C(=O)[C@@H](N)CC(C)CC)C(=O)N[C@H](C)C(=O)O. The molecular formula is C49H76N10O13. The average Bonchev–Trinajstić information content (AvgIpc) is 3.32. The first kappa shape index (κ1) is 62.9. The Balaban J connectivity index is 3.79. The zero-order valence-corrected chi connectivity index (χ0v) is 42.5. The van der Waals surface area contributed by atoms with E-state index in [0.717, 1.165) is 10.5 Å². The van der Waals surface area contributed by atoms with E-state index < -0.39 is 120 Å². The molecule has 0 radical (unpaired) electrons. The second-order valence-corrected chi connectivity index (χ2v) is 17.8. The quantitative estimate of drug-likeness (QED) is 0.0152. The van der Waals surface area contributed by atoms with Crippen molar-refractivity contribution < 1.29 is 63.2 Å². The number of aliphatic imine (C=N–C) groups is 1. The molecule has 14 N–H and O–H groups in total. The van der Waals surface area contributed by atoms with E-state index in [4.69, 9.17) is 21.9 Å². The van der Waals surface area contributed by atoms with Crippen LogP contribution in [0.4, 0.5) is 0 Å². The molecule has 0 aliphatic carbocycles. The third-order valence-electron chi connectivity index (χ3n) is 11.8. The lowest BCUT2D eigenvalue weighted by molar-refractivity contribution is -0.146. The van der Waals surface area contributed by atoms with Crippen LogP contribution in [0.5, 0.6) is 0 Å². The molecule has 1 aromatic carbocycles. The summed E-state index contributed by atoms with van der Waals surface area (Å²) in [6.07, 6.45) is 4.41. The van der Waals surface area contributed by atoms with Crippen molar-refractivity contribution in [3.63, 3.8) is 0 Å². The lowest BCUT2D eigenvalue weighted by Crippen LogP contribution is -2.58. The topological polar surface area (TPSA) is 377 Å². The van der Waals surface area contributed by atoms with Crippen LogP contribution in [0.15, 0.2) is 71.4 Å². The molecule has 0 aliphatic heterocycles. The Bertz CT molecular complexity index is 2130. The molecule has 0 heterocycles. The predicted molar refractivity (Wildman–Crippen MR) is 268 cm³/mol. The second kappa shape index (κ2) is 32.0. The van der Waals surface area contributed by atoms with Crippen molar-refractivity contribution in [2.24, 2.45) is 39.9 Å². The molecule has 72 heavy (non-hydrogen) atoms. The van der Waals surface area contributed by atoms with Gasteiger partial charge in [0.1, 0.15) is 24.2 Å². The predicted octanol–water partition coefficient (Wildman–Crippen LogP) is 0.676. The molecule has 0 saturated heterocycles. The summed E-state index contributed by atoms with van der Waals surface area (Å²) in [5, 5.41) is 40.6. The fraction of sp³-hybridized carbons (Fsp3) is 0.551. The van der Waals surface area contributed by atoms with E-state index >= 15 is 0 Å². The van der Waals surface area contributed by atoms with E-state index in [1.807, 2.05) is 57.2 Å². The molecule has 400 valence electrons. The van der Waals surface area contributed by atoms with E-state index in [1.165, 1.54) is 27.0 Å². The number of rotatable bonds is 33. The molecule has 0 spiro atoms. The van der Waals surface area contributed by atoms with Crippen LogP contribution in [0.2, 0.25) is 0 Å². The number of carbonyl (C=O) groups is 9. The number of hydrogen-bond acceptors (Lipinski definition) is 12. The molecule has 23 heteroatoms. The highest BCUT2D eigenvalue weighted by molar-refractivity contribution is 6.00. The van der Waals surface area contributed by atoms with E-state index in [2.05, 4.69) is 38.2 Å². The minimum absolute atomic E-state index is 0.00686. The number of amides is 6. The third kappa shape index (κ3) is 23.2. The smallest absolute Gasteiger partial charge is 0.325 e. The molecule has 1 aromatic rings. The highest BCUT2D eigenvalue weighted by Gasteiger charge is 2.36. The molecule has 0 fully saturated rings. The lowest BCUT2D eigenvalue weighted by Gasteiger charge is -2.31. The molecule has 0 bridgehead atoms. The van der Waals surface area contributed by atoms with E-state index in [0.29, 0.717) is 18.4 Å². The van der Waals surface area contributed by atoms with Crippen molar-refractivity contribution in [3.8, 4) is 0 Å².